The van der Waals surface area contributed by atoms with Crippen LogP contribution in [0.5, 0.6) is 5.75 Å². The lowest BCUT2D eigenvalue weighted by molar-refractivity contribution is 0.476. The highest BCUT2D eigenvalue weighted by molar-refractivity contribution is 7.95. The quantitative estimate of drug-likeness (QED) is 0.0926. The molecule has 0 unspecified atom stereocenters. The largest absolute Gasteiger partial charge is 0.505 e. The minimum atomic E-state index is -4.48. The van der Waals surface area contributed by atoms with Crippen LogP contribution < -0.4 is 17.2 Å². The number of anilines is 2. The fraction of sp³-hybridized carbons (Fsp3) is 0.357. The number of phenols is 1. The number of rotatable bonds is 7. The average molecular weight is 600 g/mol. The van der Waals surface area contributed by atoms with E-state index in [1.165, 1.54) is 62.1 Å². The summed E-state index contributed by atoms with van der Waals surface area (Å²) in [6.45, 7) is 15.2. The van der Waals surface area contributed by atoms with Crippen LogP contribution in [0, 0.1) is 6.92 Å². The SMILES string of the molecule is C=C(c1ccc(N)c(O)c1/C(N)=C\C)S(=O)(=O)O.CC/C=C\CCC.CCC.Cc1cc(S(=O)(=O)O)ccc1N. The van der Waals surface area contributed by atoms with Crippen LogP contribution >= 0.6 is 0 Å². The van der Waals surface area contributed by atoms with E-state index in [-0.39, 0.29) is 33.2 Å². The summed E-state index contributed by atoms with van der Waals surface area (Å²) >= 11 is 0. The predicted molar refractivity (Wildman–Crippen MR) is 167 cm³/mol. The molecule has 0 spiro atoms. The highest BCUT2D eigenvalue weighted by Gasteiger charge is 2.21. The van der Waals surface area contributed by atoms with E-state index in [0.29, 0.717) is 11.3 Å². The maximum absolute atomic E-state index is 11.1. The monoisotopic (exact) mass is 599 g/mol. The summed E-state index contributed by atoms with van der Waals surface area (Å²) in [5, 5.41) is 9.83. The third-order valence-corrected chi connectivity index (χ3v) is 6.51. The minimum Gasteiger partial charge on any atom is -0.505 e. The molecule has 0 saturated carbocycles. The molecule has 0 aromatic heterocycles. The van der Waals surface area contributed by atoms with Crippen molar-refractivity contribution in [1.29, 1.82) is 0 Å². The number of hydrogen-bond donors (Lipinski definition) is 6. The smallest absolute Gasteiger partial charge is 0.294 e. The number of unbranched alkanes of at least 4 members (excludes halogenated alkanes) is 1. The van der Waals surface area contributed by atoms with Crippen molar-refractivity contribution in [3.05, 3.63) is 71.8 Å². The Bertz CT molecular complexity index is 1370. The molecule has 9 N–H and O–H groups in total. The topological polar surface area (TPSA) is 207 Å². The second kappa shape index (κ2) is 18.9. The summed E-state index contributed by atoms with van der Waals surface area (Å²) in [5.74, 6) is -0.354. The van der Waals surface area contributed by atoms with Gasteiger partial charge in [-0.3, -0.25) is 9.11 Å². The summed E-state index contributed by atoms with van der Waals surface area (Å²) in [5.41, 5.74) is 18.0. The molecule has 40 heavy (non-hydrogen) atoms. The molecule has 12 heteroatoms. The first-order valence-corrected chi connectivity index (χ1v) is 15.5. The maximum Gasteiger partial charge on any atom is 0.294 e. The number of allylic oxidation sites excluding steroid dienone is 3. The van der Waals surface area contributed by atoms with Crippen LogP contribution in [0.2, 0.25) is 0 Å². The molecular formula is C28H45N3O7S2. The molecule has 0 amide bonds. The van der Waals surface area contributed by atoms with Gasteiger partial charge in [0.1, 0.15) is 5.75 Å². The third kappa shape index (κ3) is 14.2. The molecular weight excluding hydrogens is 554 g/mol. The van der Waals surface area contributed by atoms with E-state index < -0.39 is 25.1 Å². The van der Waals surface area contributed by atoms with Gasteiger partial charge in [-0.15, -0.1) is 0 Å². The normalized spacial score (nSPS) is 11.3. The molecule has 0 atom stereocenters. The Morgan fingerprint density at radius 2 is 1.48 bits per heavy atom. The minimum absolute atomic E-state index is 0.000185. The number of benzene rings is 2. The summed E-state index contributed by atoms with van der Waals surface area (Å²) in [6, 6.07) is 6.64. The zero-order chi connectivity index (χ0) is 31.7. The molecule has 0 radical (unpaired) electrons. The van der Waals surface area contributed by atoms with Crippen LogP contribution in [0.1, 0.15) is 77.0 Å². The highest BCUT2D eigenvalue weighted by atomic mass is 32.2. The summed E-state index contributed by atoms with van der Waals surface area (Å²) in [7, 11) is -8.58. The van der Waals surface area contributed by atoms with Crippen LogP contribution in [-0.2, 0) is 20.2 Å². The number of aromatic hydroxyl groups is 1. The van der Waals surface area contributed by atoms with Crippen molar-refractivity contribution in [1.82, 2.24) is 0 Å². The first kappa shape index (κ1) is 38.8. The van der Waals surface area contributed by atoms with Crippen molar-refractivity contribution < 1.29 is 31.0 Å². The third-order valence-electron chi connectivity index (χ3n) is 4.82. The van der Waals surface area contributed by atoms with E-state index in [2.05, 4.69) is 46.4 Å². The Balaban J connectivity index is 0. The van der Waals surface area contributed by atoms with Crippen molar-refractivity contribution in [3.63, 3.8) is 0 Å². The van der Waals surface area contributed by atoms with E-state index in [1.807, 2.05) is 0 Å². The second-order valence-corrected chi connectivity index (χ2v) is 11.3. The van der Waals surface area contributed by atoms with Gasteiger partial charge in [-0.25, -0.2) is 0 Å². The molecule has 2 rings (SSSR count). The van der Waals surface area contributed by atoms with Crippen molar-refractivity contribution in [2.45, 2.75) is 72.1 Å². The Hall–Kier alpha value is -3.32. The Morgan fingerprint density at radius 3 is 1.88 bits per heavy atom. The molecule has 226 valence electrons. The zero-order valence-corrected chi connectivity index (χ0v) is 25.8. The first-order valence-electron chi connectivity index (χ1n) is 12.6. The van der Waals surface area contributed by atoms with Crippen LogP contribution in [0.4, 0.5) is 11.4 Å². The van der Waals surface area contributed by atoms with Gasteiger partial charge in [0, 0.05) is 22.5 Å². The fourth-order valence-electron chi connectivity index (χ4n) is 2.67. The number of nitrogen functional groups attached to an aromatic ring is 2. The zero-order valence-electron chi connectivity index (χ0n) is 24.2. The molecule has 2 aromatic rings. The van der Waals surface area contributed by atoms with Crippen LogP contribution in [-0.4, -0.2) is 31.0 Å². The summed E-state index contributed by atoms with van der Waals surface area (Å²) < 4.78 is 61.0. The van der Waals surface area contributed by atoms with Gasteiger partial charge in [0.05, 0.1) is 15.5 Å². The number of phenolic OH excluding ortho intramolecular Hbond substituents is 1. The van der Waals surface area contributed by atoms with Crippen molar-refractivity contribution in [2.24, 2.45) is 5.73 Å². The lowest BCUT2D eigenvalue weighted by Gasteiger charge is -2.13. The average Bonchev–Trinajstić information content (AvgIpc) is 2.87. The van der Waals surface area contributed by atoms with Gasteiger partial charge >= 0.3 is 0 Å². The Labute approximate surface area is 239 Å². The Morgan fingerprint density at radius 1 is 0.950 bits per heavy atom. The van der Waals surface area contributed by atoms with Gasteiger partial charge in [-0.2, -0.15) is 16.8 Å². The van der Waals surface area contributed by atoms with E-state index in [4.69, 9.17) is 26.3 Å². The van der Waals surface area contributed by atoms with Crippen molar-refractivity contribution >= 4 is 42.2 Å². The standard InChI is InChI=1S/C11H14N2O4S.C7H9NO3S.C7H14.C3H8/c1-3-8(12)10-7(6(2)18(15,16)17)4-5-9(13)11(10)14;1-5-4-6(12(9,10)11)2-3-7(5)8;1-3-5-7-6-4-2;1-3-2/h3-5,14H,2,12-13H2,1H3,(H,15,16,17);2-4H,8H2,1H3,(H,9,10,11);5,7H,3-4,6H2,1-2H3;3H2,1-2H3/b8-3+;;7-5-;. The van der Waals surface area contributed by atoms with Crippen LogP contribution in [0.15, 0.2) is 60.0 Å². The van der Waals surface area contributed by atoms with Gasteiger partial charge in [0.2, 0.25) is 0 Å². The number of hydrogen-bond acceptors (Lipinski definition) is 8. The molecule has 0 fully saturated rings. The molecule has 0 aliphatic heterocycles. The maximum atomic E-state index is 11.1. The molecule has 0 bridgehead atoms. The summed E-state index contributed by atoms with van der Waals surface area (Å²) in [6.07, 6.45) is 10.9. The van der Waals surface area contributed by atoms with E-state index >= 15 is 0 Å². The number of nitrogens with two attached hydrogens (primary N) is 3. The van der Waals surface area contributed by atoms with Gasteiger partial charge < -0.3 is 22.3 Å². The fourth-order valence-corrected chi connectivity index (χ4v) is 3.69. The molecule has 10 nitrogen and oxygen atoms in total. The van der Waals surface area contributed by atoms with Crippen molar-refractivity contribution in [2.75, 3.05) is 11.5 Å². The van der Waals surface area contributed by atoms with E-state index in [9.17, 15) is 21.9 Å². The van der Waals surface area contributed by atoms with Crippen LogP contribution in [0.3, 0.4) is 0 Å². The first-order chi connectivity index (χ1) is 18.4. The number of aryl methyl sites for hydroxylation is 1. The molecule has 0 heterocycles. The van der Waals surface area contributed by atoms with E-state index in [0.717, 1.165) is 0 Å². The van der Waals surface area contributed by atoms with Gasteiger partial charge in [0.25, 0.3) is 20.2 Å². The Kier molecular flexibility index (Phi) is 18.3. The van der Waals surface area contributed by atoms with E-state index in [1.54, 1.807) is 13.8 Å². The molecule has 2 aromatic carbocycles. The lowest BCUT2D eigenvalue weighted by Crippen LogP contribution is -2.07. The predicted octanol–water partition coefficient (Wildman–Crippen LogP) is 6.15. The second-order valence-electron chi connectivity index (χ2n) is 8.44. The van der Waals surface area contributed by atoms with Crippen LogP contribution in [0.25, 0.3) is 10.6 Å². The van der Waals surface area contributed by atoms with Gasteiger partial charge in [-0.05, 0) is 56.5 Å². The molecule has 0 aliphatic carbocycles. The highest BCUT2D eigenvalue weighted by Crippen LogP contribution is 2.36. The lowest BCUT2D eigenvalue weighted by atomic mass is 10.0. The molecule has 0 saturated heterocycles. The van der Waals surface area contributed by atoms with Gasteiger partial charge in [-0.1, -0.05) is 71.4 Å². The van der Waals surface area contributed by atoms with Crippen molar-refractivity contribution in [3.8, 4) is 5.75 Å². The van der Waals surface area contributed by atoms with Gasteiger partial charge in [0.15, 0.2) is 0 Å². The molecule has 0 aliphatic rings. The summed E-state index contributed by atoms with van der Waals surface area (Å²) in [4.78, 5) is -0.688.